The summed E-state index contributed by atoms with van der Waals surface area (Å²) >= 11 is 0. The van der Waals surface area contributed by atoms with Crippen molar-refractivity contribution in [2.45, 2.75) is 104 Å². The fourth-order valence-corrected chi connectivity index (χ4v) is 3.40. The molecule has 0 rings (SSSR count). The van der Waals surface area contributed by atoms with E-state index < -0.39 is 0 Å². The van der Waals surface area contributed by atoms with Gasteiger partial charge in [0.15, 0.2) is 0 Å². The Morgan fingerprint density at radius 1 is 0.758 bits per heavy atom. The van der Waals surface area contributed by atoms with E-state index in [9.17, 15) is 9.59 Å². The van der Waals surface area contributed by atoms with E-state index >= 15 is 0 Å². The van der Waals surface area contributed by atoms with Crippen molar-refractivity contribution in [2.75, 3.05) is 33.4 Å². The maximum atomic E-state index is 11.9. The summed E-state index contributed by atoms with van der Waals surface area (Å²) in [6.07, 6.45) is 23.5. The topological polar surface area (TPSA) is 55.8 Å². The van der Waals surface area contributed by atoms with E-state index in [1.54, 1.807) is 0 Å². The van der Waals surface area contributed by atoms with Crippen molar-refractivity contribution < 1.29 is 19.1 Å². The van der Waals surface area contributed by atoms with Crippen LogP contribution in [0, 0.1) is 5.92 Å². The van der Waals surface area contributed by atoms with Crippen molar-refractivity contribution in [2.24, 2.45) is 5.92 Å². The van der Waals surface area contributed by atoms with E-state index in [-0.39, 0.29) is 24.5 Å². The first kappa shape index (κ1) is 31.4. The second kappa shape index (κ2) is 23.5. The van der Waals surface area contributed by atoms with Gasteiger partial charge in [-0.05, 0) is 58.5 Å². The summed E-state index contributed by atoms with van der Waals surface area (Å²) in [5, 5.41) is 0. The quantitative estimate of drug-likeness (QED) is 0.0992. The zero-order valence-corrected chi connectivity index (χ0v) is 22.0. The van der Waals surface area contributed by atoms with Gasteiger partial charge in [-0.3, -0.25) is 14.5 Å². The highest BCUT2D eigenvalue weighted by atomic mass is 16.5. The van der Waals surface area contributed by atoms with Gasteiger partial charge in [0.2, 0.25) is 0 Å². The Bertz CT molecular complexity index is 530. The van der Waals surface area contributed by atoms with Crippen molar-refractivity contribution >= 4 is 11.9 Å². The molecule has 0 amide bonds. The molecule has 0 saturated heterocycles. The molecule has 5 nitrogen and oxygen atoms in total. The van der Waals surface area contributed by atoms with Gasteiger partial charge >= 0.3 is 11.9 Å². The van der Waals surface area contributed by atoms with E-state index in [2.05, 4.69) is 38.2 Å². The third-order valence-corrected chi connectivity index (χ3v) is 5.39. The first-order chi connectivity index (χ1) is 16.0. The number of ether oxygens (including phenoxy) is 2. The van der Waals surface area contributed by atoms with Crippen LogP contribution in [0.4, 0.5) is 0 Å². The molecule has 0 heterocycles. The number of likely N-dealkylation sites (N-methyl/N-ethyl adjacent to an activating group) is 1. The zero-order valence-electron chi connectivity index (χ0n) is 22.0. The van der Waals surface area contributed by atoms with E-state index in [1.165, 1.54) is 38.5 Å². The van der Waals surface area contributed by atoms with Gasteiger partial charge in [-0.25, -0.2) is 0 Å². The van der Waals surface area contributed by atoms with Crippen molar-refractivity contribution in [1.29, 1.82) is 0 Å². The highest BCUT2D eigenvalue weighted by Gasteiger charge is 2.12. The molecule has 1 unspecified atom stereocenters. The lowest BCUT2D eigenvalue weighted by atomic mass is 10.1. The average Bonchev–Trinajstić information content (AvgIpc) is 2.79. The summed E-state index contributed by atoms with van der Waals surface area (Å²) in [6.45, 7) is 8.00. The van der Waals surface area contributed by atoms with Crippen LogP contribution < -0.4 is 0 Å². The van der Waals surface area contributed by atoms with Crippen LogP contribution in [0.2, 0.25) is 0 Å². The molecular weight excluding hydrogens is 414 g/mol. The molecule has 0 spiro atoms. The number of unbranched alkanes of at least 4 members (excludes halogenated alkanes) is 8. The molecular formula is C28H51NO4. The number of rotatable bonds is 22. The van der Waals surface area contributed by atoms with E-state index in [1.807, 2.05) is 18.9 Å². The molecule has 0 aliphatic heterocycles. The van der Waals surface area contributed by atoms with Gasteiger partial charge in [-0.1, -0.05) is 77.2 Å². The number of allylic oxidation sites excluding steroid dienone is 4. The van der Waals surface area contributed by atoms with Crippen LogP contribution >= 0.6 is 0 Å². The summed E-state index contributed by atoms with van der Waals surface area (Å²) in [7, 11) is 1.91. The van der Waals surface area contributed by atoms with Gasteiger partial charge in [0.05, 0.1) is 19.8 Å². The number of carbonyl (C=O) groups is 2. The Balaban J connectivity index is 3.53. The normalized spacial score (nSPS) is 12.6. The SMILES string of the molecule is CCCCC/C=C\C/C=C\CCCCCCCC(=O)OCC(C)COC(=O)CN(C)CCC. The third kappa shape index (κ3) is 23.3. The first-order valence-corrected chi connectivity index (χ1v) is 13.3. The van der Waals surface area contributed by atoms with Crippen LogP contribution in [0.15, 0.2) is 24.3 Å². The van der Waals surface area contributed by atoms with Gasteiger partial charge in [0.25, 0.3) is 0 Å². The van der Waals surface area contributed by atoms with E-state index in [0.29, 0.717) is 19.6 Å². The van der Waals surface area contributed by atoms with Gasteiger partial charge in [0.1, 0.15) is 0 Å². The highest BCUT2D eigenvalue weighted by Crippen LogP contribution is 2.09. The van der Waals surface area contributed by atoms with Crippen LogP contribution in [-0.2, 0) is 19.1 Å². The predicted octanol–water partition coefficient (Wildman–Crippen LogP) is 6.86. The summed E-state index contributed by atoms with van der Waals surface area (Å²) in [6, 6.07) is 0. The fourth-order valence-electron chi connectivity index (χ4n) is 3.40. The van der Waals surface area contributed by atoms with Gasteiger partial charge in [-0.2, -0.15) is 0 Å². The van der Waals surface area contributed by atoms with Crippen molar-refractivity contribution in [3.05, 3.63) is 24.3 Å². The van der Waals surface area contributed by atoms with Crippen LogP contribution in [0.1, 0.15) is 104 Å². The number of nitrogens with zero attached hydrogens (tertiary/aromatic N) is 1. The van der Waals surface area contributed by atoms with E-state index in [0.717, 1.165) is 45.1 Å². The second-order valence-electron chi connectivity index (χ2n) is 9.19. The minimum atomic E-state index is -0.228. The molecule has 0 aliphatic carbocycles. The predicted molar refractivity (Wildman–Crippen MR) is 138 cm³/mol. The highest BCUT2D eigenvalue weighted by molar-refractivity contribution is 5.71. The number of hydrogen-bond acceptors (Lipinski definition) is 5. The molecule has 0 radical (unpaired) electrons. The van der Waals surface area contributed by atoms with Gasteiger partial charge in [-0.15, -0.1) is 0 Å². The summed E-state index contributed by atoms with van der Waals surface area (Å²) in [4.78, 5) is 25.6. The molecule has 0 saturated carbocycles. The van der Waals surface area contributed by atoms with Crippen LogP contribution in [-0.4, -0.2) is 50.2 Å². The van der Waals surface area contributed by atoms with Gasteiger partial charge < -0.3 is 9.47 Å². The Kier molecular flexibility index (Phi) is 22.4. The molecule has 0 aromatic carbocycles. The minimum absolute atomic E-state index is 0.0129. The maximum Gasteiger partial charge on any atom is 0.320 e. The summed E-state index contributed by atoms with van der Waals surface area (Å²) < 4.78 is 10.6. The third-order valence-electron chi connectivity index (χ3n) is 5.39. The summed E-state index contributed by atoms with van der Waals surface area (Å²) in [5.74, 6) is -0.366. The molecule has 192 valence electrons. The van der Waals surface area contributed by atoms with Gasteiger partial charge in [0, 0.05) is 12.3 Å². The second-order valence-corrected chi connectivity index (χ2v) is 9.19. The molecule has 0 aromatic heterocycles. The average molecular weight is 466 g/mol. The summed E-state index contributed by atoms with van der Waals surface area (Å²) in [5.41, 5.74) is 0. The Morgan fingerprint density at radius 2 is 1.33 bits per heavy atom. The van der Waals surface area contributed by atoms with Crippen molar-refractivity contribution in [3.8, 4) is 0 Å². The largest absolute Gasteiger partial charge is 0.465 e. The lowest BCUT2D eigenvalue weighted by molar-refractivity contribution is -0.149. The maximum absolute atomic E-state index is 11.9. The lowest BCUT2D eigenvalue weighted by Crippen LogP contribution is -2.29. The lowest BCUT2D eigenvalue weighted by Gasteiger charge is -2.16. The molecule has 5 heteroatoms. The van der Waals surface area contributed by atoms with E-state index in [4.69, 9.17) is 9.47 Å². The number of carbonyl (C=O) groups excluding carboxylic acids is 2. The van der Waals surface area contributed by atoms with Crippen molar-refractivity contribution in [1.82, 2.24) is 4.90 Å². The Labute approximate surface area is 204 Å². The number of esters is 2. The minimum Gasteiger partial charge on any atom is -0.465 e. The molecule has 1 atom stereocenters. The molecule has 0 N–H and O–H groups in total. The molecule has 0 bridgehead atoms. The zero-order chi connectivity index (χ0) is 24.6. The molecule has 0 aliphatic rings. The number of hydrogen-bond donors (Lipinski definition) is 0. The first-order valence-electron chi connectivity index (χ1n) is 13.3. The van der Waals surface area contributed by atoms with Crippen LogP contribution in [0.5, 0.6) is 0 Å². The Hall–Kier alpha value is -1.62. The molecule has 0 aromatic rings. The fraction of sp³-hybridized carbons (Fsp3) is 0.786. The van der Waals surface area contributed by atoms with Crippen LogP contribution in [0.25, 0.3) is 0 Å². The smallest absolute Gasteiger partial charge is 0.320 e. The molecule has 0 fully saturated rings. The molecule has 33 heavy (non-hydrogen) atoms. The van der Waals surface area contributed by atoms with Crippen molar-refractivity contribution in [3.63, 3.8) is 0 Å². The van der Waals surface area contributed by atoms with Crippen LogP contribution in [0.3, 0.4) is 0 Å². The monoisotopic (exact) mass is 465 g/mol. The standard InChI is InChI=1S/C28H51NO4/c1-5-7-8-9-10-11-12-13-14-15-16-17-18-19-20-21-27(30)32-24-26(3)25-33-28(31)23-29(4)22-6-2/h10-11,13-14,26H,5-9,12,15-25H2,1-4H3/b11-10-,14-13-. The Morgan fingerprint density at radius 3 is 1.97 bits per heavy atom.